The topological polar surface area (TPSA) is 177 Å². The van der Waals surface area contributed by atoms with Gasteiger partial charge in [-0.25, -0.2) is 9.59 Å². The molecule has 0 bridgehead atoms. The standard InChI is InChI=1S/C34H55N5O7/c1-17-11-10-12-21(17)46-30(44)26(33(5,6)7)38-31(45)37-25(32(2,3)4)29(43)39-16-19-22(34(19,8)9)23(39)28(42)36-20(15-18-13-14-18)24(40)27(35)41/h17-23,25-26H,10-16H2,1-9H3,(H2,35,41)(H,36,42)(H2,37,38,45)/t17-,19+,20?,21?,22+,23+,25-,26-/m1/s1. The summed E-state index contributed by atoms with van der Waals surface area (Å²) in [6.45, 7) is 17.4. The number of hydrogen-bond acceptors (Lipinski definition) is 7. The summed E-state index contributed by atoms with van der Waals surface area (Å²) in [5.41, 5.74) is 3.68. The highest BCUT2D eigenvalue weighted by Crippen LogP contribution is 2.65. The van der Waals surface area contributed by atoms with E-state index in [4.69, 9.17) is 10.5 Å². The summed E-state index contributed by atoms with van der Waals surface area (Å²) in [4.78, 5) is 80.8. The minimum Gasteiger partial charge on any atom is -0.461 e. The molecule has 0 aromatic rings. The minimum absolute atomic E-state index is 0.0633. The second kappa shape index (κ2) is 12.8. The van der Waals surface area contributed by atoms with E-state index in [2.05, 4.69) is 22.9 Å². The Balaban J connectivity index is 1.51. The van der Waals surface area contributed by atoms with Gasteiger partial charge in [0.05, 0.1) is 6.04 Å². The average Bonchev–Trinajstić information content (AvgIpc) is 3.70. The van der Waals surface area contributed by atoms with Crippen molar-refractivity contribution in [2.24, 2.45) is 45.7 Å². The molecule has 5 N–H and O–H groups in total. The Kier molecular flexibility index (Phi) is 9.92. The van der Waals surface area contributed by atoms with E-state index in [1.54, 1.807) is 0 Å². The quantitative estimate of drug-likeness (QED) is 0.197. The Hall–Kier alpha value is -3.18. The van der Waals surface area contributed by atoms with Crippen molar-refractivity contribution < 1.29 is 33.5 Å². The van der Waals surface area contributed by atoms with Crippen LogP contribution in [0.3, 0.4) is 0 Å². The molecule has 12 nitrogen and oxygen atoms in total. The van der Waals surface area contributed by atoms with Crippen LogP contribution in [0.4, 0.5) is 4.79 Å². The normalized spacial score (nSPS) is 28.7. The molecule has 1 aliphatic heterocycles. The number of likely N-dealkylation sites (tertiary alicyclic amines) is 1. The van der Waals surface area contributed by atoms with Crippen LogP contribution in [0.2, 0.25) is 0 Å². The van der Waals surface area contributed by atoms with Gasteiger partial charge >= 0.3 is 12.0 Å². The molecule has 12 heteroatoms. The first-order valence-corrected chi connectivity index (χ1v) is 16.9. The smallest absolute Gasteiger partial charge is 0.329 e. The largest absolute Gasteiger partial charge is 0.461 e. The molecule has 0 aromatic carbocycles. The summed E-state index contributed by atoms with van der Waals surface area (Å²) in [6, 6.07) is -4.61. The fourth-order valence-corrected chi connectivity index (χ4v) is 7.41. The molecule has 4 fully saturated rings. The number of carbonyl (C=O) groups excluding carboxylic acids is 6. The zero-order valence-corrected chi connectivity index (χ0v) is 29.0. The number of nitrogens with one attached hydrogen (secondary N) is 3. The highest BCUT2D eigenvalue weighted by Gasteiger charge is 2.70. The monoisotopic (exact) mass is 645 g/mol. The summed E-state index contributed by atoms with van der Waals surface area (Å²) in [5.74, 6) is -2.98. The fourth-order valence-electron chi connectivity index (χ4n) is 7.41. The average molecular weight is 646 g/mol. The third-order valence-electron chi connectivity index (χ3n) is 10.7. The first-order chi connectivity index (χ1) is 21.1. The number of ether oxygens (including phenoxy) is 1. The van der Waals surface area contributed by atoms with Gasteiger partial charge in [-0.05, 0) is 65.6 Å². The number of primary amides is 1. The molecule has 4 aliphatic rings. The zero-order chi connectivity index (χ0) is 34.5. The van der Waals surface area contributed by atoms with Crippen molar-refractivity contribution in [3.8, 4) is 0 Å². The number of piperidine rings is 1. The maximum atomic E-state index is 14.3. The number of carbonyl (C=O) groups is 6. The number of urea groups is 1. The van der Waals surface area contributed by atoms with Crippen LogP contribution in [0.5, 0.6) is 0 Å². The van der Waals surface area contributed by atoms with Crippen molar-refractivity contribution in [3.63, 3.8) is 0 Å². The van der Waals surface area contributed by atoms with E-state index in [0.717, 1.165) is 32.1 Å². The molecule has 0 radical (unpaired) electrons. The van der Waals surface area contributed by atoms with Crippen LogP contribution < -0.4 is 21.7 Å². The molecule has 2 unspecified atom stereocenters. The van der Waals surface area contributed by atoms with E-state index in [1.807, 2.05) is 55.4 Å². The molecule has 46 heavy (non-hydrogen) atoms. The third kappa shape index (κ3) is 7.68. The van der Waals surface area contributed by atoms with E-state index in [1.165, 1.54) is 4.90 Å². The number of hydrogen-bond donors (Lipinski definition) is 4. The molecule has 258 valence electrons. The van der Waals surface area contributed by atoms with Crippen LogP contribution in [0.15, 0.2) is 0 Å². The molecular weight excluding hydrogens is 590 g/mol. The van der Waals surface area contributed by atoms with Crippen molar-refractivity contribution in [1.29, 1.82) is 0 Å². The zero-order valence-electron chi connectivity index (χ0n) is 29.0. The SMILES string of the molecule is C[C@@H]1CCCC1OC(=O)[C@@H](NC(=O)N[C@H](C(=O)N1C[C@H]2[C@@H]([C@H]1C(=O)NC(CC1CC1)C(=O)C(N)=O)C2(C)C)C(C)(C)C)C(C)(C)C. The van der Waals surface area contributed by atoms with Crippen LogP contribution in [0.1, 0.15) is 101 Å². The van der Waals surface area contributed by atoms with Crippen molar-refractivity contribution in [1.82, 2.24) is 20.9 Å². The predicted molar refractivity (Wildman–Crippen MR) is 171 cm³/mol. The Bertz CT molecular complexity index is 1250. The number of nitrogens with two attached hydrogens (primary N) is 1. The fraction of sp³-hybridized carbons (Fsp3) is 0.824. The van der Waals surface area contributed by atoms with Gasteiger partial charge in [0.1, 0.15) is 24.2 Å². The Morgan fingerprint density at radius 2 is 1.48 bits per heavy atom. The first kappa shape index (κ1) is 35.7. The summed E-state index contributed by atoms with van der Waals surface area (Å²) < 4.78 is 5.83. The molecule has 8 atom stereocenters. The summed E-state index contributed by atoms with van der Waals surface area (Å²) in [7, 11) is 0. The van der Waals surface area contributed by atoms with Gasteiger partial charge in [0.2, 0.25) is 17.6 Å². The summed E-state index contributed by atoms with van der Waals surface area (Å²) >= 11 is 0. The van der Waals surface area contributed by atoms with E-state index >= 15 is 0 Å². The van der Waals surface area contributed by atoms with Gasteiger partial charge in [0, 0.05) is 6.54 Å². The number of Topliss-reactive ketones (excluding diaryl/α,β-unsaturated/α-hetero) is 1. The predicted octanol–water partition coefficient (Wildman–Crippen LogP) is 2.67. The van der Waals surface area contributed by atoms with Crippen molar-refractivity contribution >= 4 is 35.5 Å². The van der Waals surface area contributed by atoms with Crippen LogP contribution >= 0.6 is 0 Å². The molecule has 0 spiro atoms. The minimum atomic E-state index is -1.10. The Labute approximate surface area is 273 Å². The molecule has 3 saturated carbocycles. The maximum Gasteiger partial charge on any atom is 0.329 e. The Morgan fingerprint density at radius 1 is 0.891 bits per heavy atom. The molecule has 0 aromatic heterocycles. The van der Waals surface area contributed by atoms with E-state index in [9.17, 15) is 28.8 Å². The summed E-state index contributed by atoms with van der Waals surface area (Å²) in [5, 5.41) is 8.35. The lowest BCUT2D eigenvalue weighted by molar-refractivity contribution is -0.155. The maximum absolute atomic E-state index is 14.3. The van der Waals surface area contributed by atoms with Gasteiger partial charge < -0.3 is 31.3 Å². The molecule has 3 aliphatic carbocycles. The van der Waals surface area contributed by atoms with Crippen LogP contribution in [0, 0.1) is 39.9 Å². The van der Waals surface area contributed by atoms with E-state index in [-0.39, 0.29) is 35.2 Å². The highest BCUT2D eigenvalue weighted by molar-refractivity contribution is 6.37. The number of esters is 1. The number of rotatable bonds is 11. The van der Waals surface area contributed by atoms with Gasteiger partial charge in [-0.2, -0.15) is 0 Å². The summed E-state index contributed by atoms with van der Waals surface area (Å²) in [6.07, 6.45) is 4.73. The van der Waals surface area contributed by atoms with Crippen LogP contribution in [-0.2, 0) is 28.7 Å². The van der Waals surface area contributed by atoms with Crippen molar-refractivity contribution in [2.45, 2.75) is 131 Å². The second-order valence-electron chi connectivity index (χ2n) is 17.0. The van der Waals surface area contributed by atoms with Gasteiger partial charge in [-0.3, -0.25) is 19.2 Å². The second-order valence-corrected chi connectivity index (χ2v) is 17.0. The molecule has 1 heterocycles. The lowest BCUT2D eigenvalue weighted by atomic mass is 9.85. The lowest BCUT2D eigenvalue weighted by Gasteiger charge is -2.38. The number of amides is 5. The first-order valence-electron chi connectivity index (χ1n) is 16.9. The van der Waals surface area contributed by atoms with E-state index < -0.39 is 70.5 Å². The third-order valence-corrected chi connectivity index (χ3v) is 10.7. The lowest BCUT2D eigenvalue weighted by Crippen LogP contribution is -2.62. The van der Waals surface area contributed by atoms with Crippen LogP contribution in [0.25, 0.3) is 0 Å². The number of fused-ring (bicyclic) bond motifs is 1. The van der Waals surface area contributed by atoms with Gasteiger partial charge in [0.15, 0.2) is 0 Å². The molecule has 4 rings (SSSR count). The van der Waals surface area contributed by atoms with Crippen LogP contribution in [-0.4, -0.2) is 77.2 Å². The van der Waals surface area contributed by atoms with Gasteiger partial charge in [-0.15, -0.1) is 0 Å². The van der Waals surface area contributed by atoms with Crippen molar-refractivity contribution in [3.05, 3.63) is 0 Å². The van der Waals surface area contributed by atoms with E-state index in [0.29, 0.717) is 13.0 Å². The molecular formula is C34H55N5O7. The highest BCUT2D eigenvalue weighted by atomic mass is 16.5. The molecule has 5 amide bonds. The number of ketones is 1. The van der Waals surface area contributed by atoms with Crippen molar-refractivity contribution in [2.75, 3.05) is 6.54 Å². The Morgan fingerprint density at radius 3 is 1.98 bits per heavy atom. The van der Waals surface area contributed by atoms with Gasteiger partial charge in [-0.1, -0.05) is 75.2 Å². The molecule has 1 saturated heterocycles. The number of nitrogens with zero attached hydrogens (tertiary/aromatic N) is 1. The van der Waals surface area contributed by atoms with Gasteiger partial charge in [0.25, 0.3) is 5.91 Å².